The van der Waals surface area contributed by atoms with E-state index in [2.05, 4.69) is 21.3 Å². The van der Waals surface area contributed by atoms with Gasteiger partial charge in [-0.15, -0.1) is 0 Å². The van der Waals surface area contributed by atoms with Gasteiger partial charge in [-0.2, -0.15) is 0 Å². The van der Waals surface area contributed by atoms with E-state index in [4.69, 9.17) is 42.6 Å². The predicted octanol–water partition coefficient (Wildman–Crippen LogP) is -3.25. The predicted molar refractivity (Wildman–Crippen MR) is 229 cm³/mol. The van der Waals surface area contributed by atoms with E-state index >= 15 is 0 Å². The number of ketones is 1. The first-order chi connectivity index (χ1) is 32.2. The molecule has 4 saturated heterocycles. The zero-order valence-corrected chi connectivity index (χ0v) is 39.5. The lowest BCUT2D eigenvalue weighted by molar-refractivity contribution is -0.393. The Bertz CT molecular complexity index is 1650. The van der Waals surface area contributed by atoms with Crippen molar-refractivity contribution in [2.45, 2.75) is 222 Å². The molecular weight excluding hydrogens is 908 g/mol. The second kappa shape index (κ2) is 27.2. The average Bonchev–Trinajstić information content (AvgIpc) is 3.27. The maximum absolute atomic E-state index is 12.8. The van der Waals surface area contributed by atoms with Crippen molar-refractivity contribution in [2.75, 3.05) is 13.7 Å². The van der Waals surface area contributed by atoms with E-state index in [-0.39, 0.29) is 24.8 Å². The summed E-state index contributed by atoms with van der Waals surface area (Å²) in [5.74, 6) is -1.81. The summed E-state index contributed by atoms with van der Waals surface area (Å²) in [7, 11) is 1.57. The molecule has 0 aromatic heterocycles. The molecule has 0 bridgehead atoms. The molecule has 68 heavy (non-hydrogen) atoms. The monoisotopic (exact) mass is 980 g/mol. The van der Waals surface area contributed by atoms with Crippen LogP contribution in [0.1, 0.15) is 99.3 Å². The van der Waals surface area contributed by atoms with Crippen molar-refractivity contribution in [3.63, 3.8) is 0 Å². The number of carbonyl (C=O) groups excluding carboxylic acids is 6. The Morgan fingerprint density at radius 1 is 0.500 bits per heavy atom. The van der Waals surface area contributed by atoms with Crippen molar-refractivity contribution in [2.24, 2.45) is 0 Å². The van der Waals surface area contributed by atoms with Gasteiger partial charge in [0.05, 0.1) is 18.3 Å². The number of aliphatic hydroxyl groups is 6. The van der Waals surface area contributed by atoms with Crippen molar-refractivity contribution in [3.8, 4) is 0 Å². The van der Waals surface area contributed by atoms with Crippen LogP contribution in [-0.4, -0.2) is 203 Å². The number of rotatable bonds is 24. The molecule has 25 nitrogen and oxygen atoms in total. The van der Waals surface area contributed by atoms with Gasteiger partial charge in [0.1, 0.15) is 78.8 Å². The summed E-state index contributed by atoms with van der Waals surface area (Å²) >= 11 is 0. The van der Waals surface area contributed by atoms with Crippen molar-refractivity contribution in [1.82, 2.24) is 21.3 Å². The molecule has 390 valence electrons. The minimum Gasteiger partial charge on any atom is -0.435 e. The molecule has 4 rings (SSSR count). The van der Waals surface area contributed by atoms with Gasteiger partial charge in [-0.3, -0.25) is 28.8 Å². The van der Waals surface area contributed by atoms with Crippen LogP contribution in [0.3, 0.4) is 0 Å². The third-order valence-electron chi connectivity index (χ3n) is 12.2. The molecule has 8 unspecified atom stereocenters. The molecule has 0 aromatic rings. The van der Waals surface area contributed by atoms with Gasteiger partial charge in [0.25, 0.3) is 6.47 Å². The van der Waals surface area contributed by atoms with E-state index in [1.165, 1.54) is 20.8 Å². The Morgan fingerprint density at radius 3 is 1.51 bits per heavy atom. The molecule has 0 aliphatic carbocycles. The van der Waals surface area contributed by atoms with Gasteiger partial charge in [0, 0.05) is 53.7 Å². The number of hydrogen-bond donors (Lipinski definition) is 10. The summed E-state index contributed by atoms with van der Waals surface area (Å²) in [6.45, 7) is 7.97. The molecule has 4 heterocycles. The highest BCUT2D eigenvalue weighted by Crippen LogP contribution is 2.35. The van der Waals surface area contributed by atoms with Crippen LogP contribution in [0.15, 0.2) is 0 Å². The van der Waals surface area contributed by atoms with Crippen LogP contribution in [0.25, 0.3) is 0 Å². The number of hydrogen-bond acceptors (Lipinski definition) is 21. The number of amides is 4. The number of ether oxygens (including phenoxy) is 9. The number of unbranched alkanes of at least 4 members (excludes halogenated alkanes) is 4. The van der Waals surface area contributed by atoms with Crippen LogP contribution in [0, 0.1) is 0 Å². The van der Waals surface area contributed by atoms with E-state index in [0.29, 0.717) is 51.4 Å². The van der Waals surface area contributed by atoms with Gasteiger partial charge in [-0.1, -0.05) is 12.8 Å². The molecular formula is C43H72N4O21. The van der Waals surface area contributed by atoms with Gasteiger partial charge in [0.15, 0.2) is 25.2 Å². The average molecular weight is 981 g/mol. The molecule has 0 spiro atoms. The molecule has 0 radical (unpaired) electrons. The second-order valence-corrected chi connectivity index (χ2v) is 17.6. The molecule has 4 aliphatic heterocycles. The highest BCUT2D eigenvalue weighted by molar-refractivity contribution is 5.78. The van der Waals surface area contributed by atoms with E-state index in [1.807, 2.05) is 0 Å². The van der Waals surface area contributed by atoms with Crippen LogP contribution >= 0.6 is 0 Å². The van der Waals surface area contributed by atoms with Crippen LogP contribution in [0.2, 0.25) is 0 Å². The quantitative estimate of drug-likeness (QED) is 0.0335. The van der Waals surface area contributed by atoms with Crippen molar-refractivity contribution in [3.05, 3.63) is 0 Å². The van der Waals surface area contributed by atoms with Crippen LogP contribution in [-0.2, 0) is 71.4 Å². The van der Waals surface area contributed by atoms with Crippen molar-refractivity contribution < 1.29 is 102 Å². The van der Waals surface area contributed by atoms with Crippen molar-refractivity contribution in [1.29, 1.82) is 0 Å². The van der Waals surface area contributed by atoms with E-state index < -0.39 is 141 Å². The number of aliphatic hydroxyl groups excluding tert-OH is 6. The van der Waals surface area contributed by atoms with E-state index in [0.717, 1.165) is 20.3 Å². The topological polar surface area (TPSA) is 355 Å². The summed E-state index contributed by atoms with van der Waals surface area (Å²) in [5.41, 5.74) is 0. The molecule has 4 aliphatic rings. The summed E-state index contributed by atoms with van der Waals surface area (Å²) in [5, 5.41) is 77.2. The lowest BCUT2D eigenvalue weighted by Crippen LogP contribution is -2.70. The SMILES string of the molecule is CNC(=O)CCCCC(=O)CCCCCCO[C@@H]1OC(C)[C@H](O)[C@H](O[C@@H]2OC(C)[C@@H](O)[C@H](O[C@@H]3OC(OC=O)[C@@H](O)[C@H](O)C3O[C@@H]3OC(C)[C@@H](O)[C@H](O)C3NC(C)=O)C2NC(C)=O)C1NC(C)=O. The Balaban J connectivity index is 1.52. The van der Waals surface area contributed by atoms with E-state index in [9.17, 15) is 59.4 Å². The van der Waals surface area contributed by atoms with Crippen LogP contribution < -0.4 is 21.3 Å². The van der Waals surface area contributed by atoms with Crippen molar-refractivity contribution >= 4 is 35.9 Å². The normalized spacial score (nSPS) is 38.4. The summed E-state index contributed by atoms with van der Waals surface area (Å²) in [6, 6.07) is -4.12. The smallest absolute Gasteiger partial charge is 0.295 e. The first-order valence-corrected chi connectivity index (χ1v) is 23.1. The fraction of sp³-hybridized carbons (Fsp3) is 0.860. The molecule has 10 N–H and O–H groups in total. The molecule has 20 atom stereocenters. The Kier molecular flexibility index (Phi) is 22.8. The highest BCUT2D eigenvalue weighted by atomic mass is 16.8. The summed E-state index contributed by atoms with van der Waals surface area (Å²) in [4.78, 5) is 72.7. The molecule has 25 heteroatoms. The third kappa shape index (κ3) is 15.7. The maximum atomic E-state index is 12.8. The van der Waals surface area contributed by atoms with Crippen LogP contribution in [0.4, 0.5) is 0 Å². The van der Waals surface area contributed by atoms with Gasteiger partial charge >= 0.3 is 0 Å². The number of nitrogens with one attached hydrogen (secondary N) is 4. The lowest BCUT2D eigenvalue weighted by Gasteiger charge is -2.50. The Morgan fingerprint density at radius 2 is 0.956 bits per heavy atom. The fourth-order valence-corrected chi connectivity index (χ4v) is 8.44. The number of carbonyl (C=O) groups is 6. The third-order valence-corrected chi connectivity index (χ3v) is 12.2. The van der Waals surface area contributed by atoms with Gasteiger partial charge in [-0.05, 0) is 46.5 Å². The summed E-state index contributed by atoms with van der Waals surface area (Å²) in [6.07, 6.45) is -21.3. The number of Topliss-reactive ketones (excluding diaryl/α,β-unsaturated/α-hetero) is 1. The maximum Gasteiger partial charge on any atom is 0.295 e. The Labute approximate surface area is 394 Å². The largest absolute Gasteiger partial charge is 0.435 e. The first kappa shape index (κ1) is 57.0. The van der Waals surface area contributed by atoms with Gasteiger partial charge < -0.3 is 94.5 Å². The molecule has 4 amide bonds. The van der Waals surface area contributed by atoms with Gasteiger partial charge in [-0.25, -0.2) is 0 Å². The molecule has 4 fully saturated rings. The molecule has 0 saturated carbocycles. The minimum atomic E-state index is -2.03. The minimum absolute atomic E-state index is 0.0604. The lowest BCUT2D eigenvalue weighted by atomic mass is 9.94. The standard InChI is InChI=1S/C43H72N4O21/c1-19-30(54)33(57)27(45-22(4)49)40(63-19)67-38-34(58)35(59)42(61-18-48)68-43(38)66-37-29(47-24(6)51)41(64-21(3)32(37)56)65-36-28(46-23(5)50)39(62-20(2)31(36)55)60-17-13-9-8-10-14-25(52)15-11-12-16-26(53)44-7/h18-21,27-43,54-59H,8-17H2,1-7H3,(H,44,53)(H,45,49)(H,46,50)(H,47,51)/t19?,20?,21?,27?,28?,29?,30-,31+,32-,33-,34+,35+,36-,37-,38?,39-,40+,41+,42?,43-/m1/s1. The second-order valence-electron chi connectivity index (χ2n) is 17.6. The zero-order chi connectivity index (χ0) is 50.4. The molecule has 0 aromatic carbocycles. The first-order valence-electron chi connectivity index (χ1n) is 23.1. The van der Waals surface area contributed by atoms with Crippen LogP contribution in [0.5, 0.6) is 0 Å². The fourth-order valence-electron chi connectivity index (χ4n) is 8.44. The van der Waals surface area contributed by atoms with E-state index in [1.54, 1.807) is 14.0 Å². The summed E-state index contributed by atoms with van der Waals surface area (Å²) < 4.78 is 53.3. The van der Waals surface area contributed by atoms with Gasteiger partial charge in [0.2, 0.25) is 29.9 Å². The highest BCUT2D eigenvalue weighted by Gasteiger charge is 2.56. The Hall–Kier alpha value is -3.54. The zero-order valence-electron chi connectivity index (χ0n) is 39.5.